The number of carbonyl (C=O) groups excluding carboxylic acids is 12. The molecule has 1 aromatic heterocycles. The third kappa shape index (κ3) is 27.4. The summed E-state index contributed by atoms with van der Waals surface area (Å²) in [7, 11) is 3.72. The molecular weight excluding hydrogens is 1210 g/mol. The van der Waals surface area contributed by atoms with E-state index in [1.807, 2.05) is 41.7 Å². The molecule has 0 aliphatic carbocycles. The average Bonchev–Trinajstić information content (AvgIpc) is 2.14. The fourth-order valence-corrected chi connectivity index (χ4v) is 12.4. The van der Waals surface area contributed by atoms with Crippen LogP contribution in [0.1, 0.15) is 179 Å². The van der Waals surface area contributed by atoms with Crippen molar-refractivity contribution in [1.29, 1.82) is 0 Å². The highest BCUT2D eigenvalue weighted by molar-refractivity contribution is 8.00. The topological polar surface area (TPSA) is 321 Å². The minimum Gasteiger partial charge on any atom is -0.506 e. The number of aromatic hydroxyl groups is 1. The van der Waals surface area contributed by atoms with Gasteiger partial charge in [-0.15, -0.1) is 11.3 Å². The van der Waals surface area contributed by atoms with Crippen LogP contribution in [-0.2, 0) is 78.1 Å². The second kappa shape index (κ2) is 42.0. The van der Waals surface area contributed by atoms with Gasteiger partial charge in [0.15, 0.2) is 17.7 Å². The predicted molar refractivity (Wildman–Crippen MR) is 343 cm³/mol. The van der Waals surface area contributed by atoms with Crippen LogP contribution < -0.4 is 16.0 Å². The Hall–Kier alpha value is -6.28. The zero-order chi connectivity index (χ0) is 67.7. The molecule has 0 spiro atoms. The molecule has 2 aliphatic rings. The van der Waals surface area contributed by atoms with Crippen molar-refractivity contribution in [3.05, 3.63) is 39.8 Å². The van der Waals surface area contributed by atoms with Crippen LogP contribution in [0.4, 0.5) is 5.69 Å². The Morgan fingerprint density at radius 2 is 1.55 bits per heavy atom. The lowest BCUT2D eigenvalue weighted by Crippen LogP contribution is -2.48. The molecule has 24 nitrogen and oxygen atoms in total. The fraction of sp³-hybridized carbons (Fsp3) is 0.692. The molecule has 2 fully saturated rings. The van der Waals surface area contributed by atoms with E-state index in [9.17, 15) is 53.1 Å². The number of ether oxygens (including phenoxy) is 4. The van der Waals surface area contributed by atoms with E-state index < -0.39 is 53.7 Å². The maximum absolute atomic E-state index is 14.4. The van der Waals surface area contributed by atoms with E-state index in [1.54, 1.807) is 49.6 Å². The lowest BCUT2D eigenvalue weighted by Gasteiger charge is -2.37. The summed E-state index contributed by atoms with van der Waals surface area (Å²) in [4.78, 5) is 156. The average molecular weight is 1310 g/mol. The Bertz CT molecular complexity index is 2740. The first kappa shape index (κ1) is 79.0. The van der Waals surface area contributed by atoms with Crippen molar-refractivity contribution in [3.63, 3.8) is 0 Å². The molecule has 4 N–H and O–H groups in total. The number of rotatable bonds is 42. The highest BCUT2D eigenvalue weighted by atomic mass is 32.2. The smallest absolute Gasteiger partial charge is 0.373 e. The number of imide groups is 1. The van der Waals surface area contributed by atoms with Gasteiger partial charge in [-0.2, -0.15) is 21.4 Å². The number of Topliss-reactive ketones (excluding diaryl/α,β-unsaturated/α-hetero) is 3. The Morgan fingerprint density at radius 3 is 2.16 bits per heavy atom. The number of nitrogens with zero attached hydrogens (tertiary/aromatic N) is 4. The second-order valence-corrected chi connectivity index (χ2v) is 25.8. The number of nitrogens with one attached hydrogen (secondary N) is 3. The summed E-state index contributed by atoms with van der Waals surface area (Å²) in [5.74, 6) is -4.25. The van der Waals surface area contributed by atoms with Gasteiger partial charge in [-0.25, -0.2) is 4.98 Å². The number of ketones is 3. The minimum atomic E-state index is -0.878. The van der Waals surface area contributed by atoms with E-state index in [-0.39, 0.29) is 146 Å². The van der Waals surface area contributed by atoms with Crippen molar-refractivity contribution in [2.24, 2.45) is 23.7 Å². The Balaban J connectivity index is 0.00000706. The van der Waals surface area contributed by atoms with Gasteiger partial charge >= 0.3 is 12.1 Å². The molecule has 0 saturated carbocycles. The van der Waals surface area contributed by atoms with Gasteiger partial charge in [-0.1, -0.05) is 66.9 Å². The van der Waals surface area contributed by atoms with Crippen molar-refractivity contribution in [2.75, 3.05) is 78.4 Å². The van der Waals surface area contributed by atoms with Crippen molar-refractivity contribution in [2.45, 2.75) is 194 Å². The molecule has 26 heteroatoms. The first-order valence-corrected chi connectivity index (χ1v) is 34.0. The van der Waals surface area contributed by atoms with Gasteiger partial charge in [0, 0.05) is 101 Å². The largest absolute Gasteiger partial charge is 0.506 e. The summed E-state index contributed by atoms with van der Waals surface area (Å²) in [6.45, 7) is 17.2. The number of piperidine rings is 1. The number of thioether (sulfide) groups is 1. The lowest BCUT2D eigenvalue weighted by atomic mass is 9.83. The van der Waals surface area contributed by atoms with Gasteiger partial charge in [-0.3, -0.25) is 57.7 Å². The summed E-state index contributed by atoms with van der Waals surface area (Å²) >= 11 is 2.55. The zero-order valence-electron chi connectivity index (χ0n) is 55.1. The van der Waals surface area contributed by atoms with Crippen LogP contribution >= 0.6 is 23.1 Å². The van der Waals surface area contributed by atoms with Crippen LogP contribution in [0.3, 0.4) is 0 Å². The van der Waals surface area contributed by atoms with Crippen molar-refractivity contribution in [3.8, 4) is 5.75 Å². The fourth-order valence-electron chi connectivity index (χ4n) is 11.0. The quantitative estimate of drug-likeness (QED) is 0.0223. The van der Waals surface area contributed by atoms with Crippen LogP contribution in [0.25, 0.3) is 0 Å². The van der Waals surface area contributed by atoms with Crippen LogP contribution in [0.2, 0.25) is 0 Å². The number of anilines is 1. The Morgan fingerprint density at radius 1 is 0.890 bits per heavy atom. The van der Waals surface area contributed by atoms with E-state index in [0.29, 0.717) is 68.9 Å². The monoisotopic (exact) mass is 1310 g/mol. The third-order valence-corrected chi connectivity index (χ3v) is 18.4. The van der Waals surface area contributed by atoms with Crippen LogP contribution in [-0.4, -0.2) is 192 Å². The number of hydrogen-bond acceptors (Lipinski definition) is 21. The van der Waals surface area contributed by atoms with Gasteiger partial charge in [0.05, 0.1) is 56.1 Å². The Labute approximate surface area is 544 Å². The van der Waals surface area contributed by atoms with Gasteiger partial charge < -0.3 is 44.9 Å². The normalized spacial score (nSPS) is 17.3. The number of esters is 1. The molecule has 0 radical (unpaired) electrons. The summed E-state index contributed by atoms with van der Waals surface area (Å²) < 4.78 is 22.4. The summed E-state index contributed by atoms with van der Waals surface area (Å²) in [6.07, 6.45) is 8.41. The molecule has 9 atom stereocenters. The number of thiazole rings is 1. The maximum atomic E-state index is 14.4. The van der Waals surface area contributed by atoms with E-state index in [2.05, 4.69) is 25.8 Å². The van der Waals surface area contributed by atoms with Crippen LogP contribution in [0, 0.1) is 23.7 Å². The maximum Gasteiger partial charge on any atom is 0.373 e. The highest BCUT2D eigenvalue weighted by Gasteiger charge is 2.39. The number of aromatic nitrogens is 1. The van der Waals surface area contributed by atoms with E-state index >= 15 is 0 Å². The molecule has 2 aromatic rings. The first-order valence-electron chi connectivity index (χ1n) is 31.8. The molecule has 1 aromatic carbocycles. The van der Waals surface area contributed by atoms with Gasteiger partial charge in [-0.05, 0) is 94.8 Å². The predicted octanol–water partition coefficient (Wildman–Crippen LogP) is 7.09. The summed E-state index contributed by atoms with van der Waals surface area (Å²) in [5.41, 5.74) is 0.955. The SMILES string of the molecule is CCC[C@H](Cc1ccc(O)c(NC(=O)[C@H](C)CC(=O)[C@H](C)NC(=O)CCOCCOCCOCCCC(=O)CCCN2C(=O)CC(SC)C2=O)c1)NC(=O)c1csc([C@@H](C[C@H](C(C)C)N(C)C(=O)[C@@H](CC(=O)C2CCCCN2C)[C@@H](C)CC)OC(C)=O)n1.O=C=O. The number of likely N-dealkylation sites (N-methyl/N-ethyl adjacent to an activating group) is 1. The van der Waals surface area contributed by atoms with Crippen molar-refractivity contribution < 1.29 is 81.6 Å². The number of phenolic OH excluding ortho intramolecular Hbond substituents is 1. The zero-order valence-corrected chi connectivity index (χ0v) is 56.8. The molecule has 4 rings (SSSR count). The third-order valence-electron chi connectivity index (χ3n) is 16.5. The molecule has 508 valence electrons. The number of amides is 6. The standard InChI is InChI=1S/C64H99N7O15S2.CO2/c1-12-18-46(66-61(80)50-39-88-62(68-50)56(86-44(8)72)37-52(40(3)4)70(10)63(81)48(41(5)13-2)36-55(76)51-21-14-15-25-69(51)9)34-45-22-23-53(74)49(35-45)67-60(79)42(6)33-54(75)43(7)65-58(77)24-28-84-30-32-85-31-29-83-27-17-20-47(73)19-16-26-71-59(78)38-57(87-11)64(71)82;2-1-3/h22-23,35,39-43,46,48,51-52,56-57,74H,12-21,24-34,36-38H2,1-11H3,(H,65,77)(H,66,80)(H,67,79);/t41-,42+,43-,46+,48-,51?,52+,56+,57?;/m0./s1. The molecule has 6 amide bonds. The molecule has 0 bridgehead atoms. The van der Waals surface area contributed by atoms with E-state index in [1.165, 1.54) is 41.0 Å². The van der Waals surface area contributed by atoms with Crippen molar-refractivity contribution in [1.82, 2.24) is 30.3 Å². The molecular formula is C65H99N7O17S2. The van der Waals surface area contributed by atoms with E-state index in [0.717, 1.165) is 38.6 Å². The molecule has 2 aliphatic heterocycles. The molecule has 3 heterocycles. The number of benzene rings is 1. The van der Waals surface area contributed by atoms with Crippen LogP contribution in [0.15, 0.2) is 23.6 Å². The van der Waals surface area contributed by atoms with Crippen molar-refractivity contribution >= 4 is 93.7 Å². The molecule has 2 saturated heterocycles. The van der Waals surface area contributed by atoms with E-state index in [4.69, 9.17) is 28.5 Å². The minimum absolute atomic E-state index is 0.00236. The number of hydrogen-bond donors (Lipinski definition) is 4. The highest BCUT2D eigenvalue weighted by Crippen LogP contribution is 2.34. The molecule has 91 heavy (non-hydrogen) atoms. The Kier molecular flexibility index (Phi) is 36.5. The second-order valence-electron chi connectivity index (χ2n) is 23.9. The molecule has 2 unspecified atom stereocenters. The van der Waals surface area contributed by atoms with Gasteiger partial charge in [0.2, 0.25) is 29.5 Å². The summed E-state index contributed by atoms with van der Waals surface area (Å²) in [5, 5.41) is 20.9. The lowest BCUT2D eigenvalue weighted by molar-refractivity contribution is -0.192. The summed E-state index contributed by atoms with van der Waals surface area (Å²) in [6, 6.07) is 2.90. The van der Waals surface area contributed by atoms with Crippen LogP contribution in [0.5, 0.6) is 5.75 Å². The number of carbonyl (C=O) groups is 10. The van der Waals surface area contributed by atoms with Gasteiger partial charge in [0.25, 0.3) is 5.91 Å². The number of phenols is 1. The van der Waals surface area contributed by atoms with Gasteiger partial charge in [0.1, 0.15) is 22.2 Å². The number of likely N-dealkylation sites (tertiary alicyclic amines) is 2. The first-order chi connectivity index (χ1) is 43.3.